The van der Waals surface area contributed by atoms with Crippen molar-refractivity contribution < 1.29 is 9.59 Å². The van der Waals surface area contributed by atoms with E-state index in [4.69, 9.17) is 0 Å². The number of hydrogen-bond acceptors (Lipinski definition) is 3. The average molecular weight is 351 g/mol. The fourth-order valence-corrected chi connectivity index (χ4v) is 2.07. The van der Waals surface area contributed by atoms with Gasteiger partial charge in [0.1, 0.15) is 6.54 Å². The maximum Gasteiger partial charge on any atom is 0.269 e. The number of benzene rings is 1. The number of nitrogens with one attached hydrogen (secondary N) is 2. The number of hydrogen-bond donors (Lipinski definition) is 2. The third-order valence-electron chi connectivity index (χ3n) is 2.82. The Morgan fingerprint density at radius 3 is 2.43 bits per heavy atom. The predicted molar refractivity (Wildman–Crippen MR) is 81.5 cm³/mol. The normalized spacial score (nSPS) is 10.2. The Balaban J connectivity index is 1.87. The van der Waals surface area contributed by atoms with Crippen LogP contribution in [0, 0.1) is 13.8 Å². The molecule has 1 heterocycles. The molecule has 0 radical (unpaired) electrons. The van der Waals surface area contributed by atoms with Crippen molar-refractivity contribution in [3.8, 4) is 0 Å². The first-order valence-electron chi connectivity index (χ1n) is 6.31. The molecule has 1 aromatic heterocycles. The fourth-order valence-electron chi connectivity index (χ4n) is 1.81. The molecule has 0 fully saturated rings. The summed E-state index contributed by atoms with van der Waals surface area (Å²) in [6.07, 6.45) is 0. The van der Waals surface area contributed by atoms with E-state index in [9.17, 15) is 9.59 Å². The van der Waals surface area contributed by atoms with Crippen LogP contribution in [0.25, 0.3) is 0 Å². The first kappa shape index (κ1) is 15.2. The Bertz CT molecular complexity index is 664. The summed E-state index contributed by atoms with van der Waals surface area (Å²) in [5.74, 6) is -0.712. The SMILES string of the molecule is Cc1cc(C)n(CC(=O)NNC(=O)c2ccc(Br)cc2)n1. The Morgan fingerprint density at radius 1 is 1.19 bits per heavy atom. The molecular weight excluding hydrogens is 336 g/mol. The zero-order valence-electron chi connectivity index (χ0n) is 11.7. The largest absolute Gasteiger partial charge is 0.271 e. The maximum atomic E-state index is 11.8. The molecule has 0 aliphatic rings. The zero-order valence-corrected chi connectivity index (χ0v) is 13.3. The second-order valence-corrected chi connectivity index (χ2v) is 5.51. The van der Waals surface area contributed by atoms with E-state index in [0.29, 0.717) is 5.56 Å². The van der Waals surface area contributed by atoms with Crippen molar-refractivity contribution >= 4 is 27.7 Å². The van der Waals surface area contributed by atoms with Crippen LogP contribution in [0.1, 0.15) is 21.7 Å². The summed E-state index contributed by atoms with van der Waals surface area (Å²) >= 11 is 3.29. The Hall–Kier alpha value is -2.15. The highest BCUT2D eigenvalue weighted by Crippen LogP contribution is 2.10. The van der Waals surface area contributed by atoms with Crippen LogP contribution < -0.4 is 10.9 Å². The fraction of sp³-hybridized carbons (Fsp3) is 0.214. The minimum Gasteiger partial charge on any atom is -0.271 e. The van der Waals surface area contributed by atoms with Crippen LogP contribution >= 0.6 is 15.9 Å². The standard InChI is InChI=1S/C14H15BrN4O2/c1-9-7-10(2)19(18-9)8-13(20)16-17-14(21)11-3-5-12(15)6-4-11/h3-7H,8H2,1-2H3,(H,16,20)(H,17,21). The van der Waals surface area contributed by atoms with Crippen LogP contribution in [0.4, 0.5) is 0 Å². The van der Waals surface area contributed by atoms with Gasteiger partial charge in [-0.05, 0) is 44.2 Å². The van der Waals surface area contributed by atoms with Gasteiger partial charge in [-0.15, -0.1) is 0 Å². The summed E-state index contributed by atoms with van der Waals surface area (Å²) in [6, 6.07) is 8.71. The maximum absolute atomic E-state index is 11.8. The van der Waals surface area contributed by atoms with Gasteiger partial charge in [0.25, 0.3) is 11.8 Å². The van der Waals surface area contributed by atoms with E-state index in [1.165, 1.54) is 0 Å². The van der Waals surface area contributed by atoms with Crippen molar-refractivity contribution in [2.75, 3.05) is 0 Å². The third kappa shape index (κ3) is 4.16. The van der Waals surface area contributed by atoms with Crippen LogP contribution in [-0.2, 0) is 11.3 Å². The molecule has 7 heteroatoms. The van der Waals surface area contributed by atoms with Gasteiger partial charge in [0.15, 0.2) is 0 Å². The predicted octanol–water partition coefficient (Wildman–Crippen LogP) is 1.72. The van der Waals surface area contributed by atoms with Gasteiger partial charge in [-0.2, -0.15) is 5.10 Å². The van der Waals surface area contributed by atoms with Crippen molar-refractivity contribution in [2.24, 2.45) is 0 Å². The monoisotopic (exact) mass is 350 g/mol. The molecule has 21 heavy (non-hydrogen) atoms. The molecule has 0 unspecified atom stereocenters. The third-order valence-corrected chi connectivity index (χ3v) is 3.35. The van der Waals surface area contributed by atoms with Crippen molar-refractivity contribution in [3.63, 3.8) is 0 Å². The molecule has 2 aromatic rings. The molecule has 1 aromatic carbocycles. The highest BCUT2D eigenvalue weighted by Gasteiger charge is 2.09. The molecule has 0 saturated carbocycles. The summed E-state index contributed by atoms with van der Waals surface area (Å²) < 4.78 is 2.46. The van der Waals surface area contributed by atoms with E-state index >= 15 is 0 Å². The van der Waals surface area contributed by atoms with E-state index in [1.54, 1.807) is 28.9 Å². The first-order chi connectivity index (χ1) is 9.95. The quantitative estimate of drug-likeness (QED) is 0.827. The number of aryl methyl sites for hydroxylation is 2. The van der Waals surface area contributed by atoms with Gasteiger partial charge in [-0.1, -0.05) is 15.9 Å². The molecule has 0 atom stereocenters. The number of carbonyl (C=O) groups is 2. The summed E-state index contributed by atoms with van der Waals surface area (Å²) in [4.78, 5) is 23.6. The van der Waals surface area contributed by atoms with Gasteiger partial charge < -0.3 is 0 Å². The average Bonchev–Trinajstić information content (AvgIpc) is 2.75. The minimum atomic E-state index is -0.371. The van der Waals surface area contributed by atoms with E-state index in [2.05, 4.69) is 31.9 Å². The second-order valence-electron chi connectivity index (χ2n) is 4.59. The van der Waals surface area contributed by atoms with E-state index in [0.717, 1.165) is 15.9 Å². The Morgan fingerprint density at radius 2 is 1.86 bits per heavy atom. The summed E-state index contributed by atoms with van der Waals surface area (Å²) in [6.45, 7) is 3.78. The van der Waals surface area contributed by atoms with Gasteiger partial charge in [-0.25, -0.2) is 0 Å². The lowest BCUT2D eigenvalue weighted by atomic mass is 10.2. The number of aromatic nitrogens is 2. The molecule has 2 N–H and O–H groups in total. The lowest BCUT2D eigenvalue weighted by Crippen LogP contribution is -2.43. The van der Waals surface area contributed by atoms with Crippen LogP contribution in [0.3, 0.4) is 0 Å². The summed E-state index contributed by atoms with van der Waals surface area (Å²) in [5.41, 5.74) is 6.94. The highest BCUT2D eigenvalue weighted by molar-refractivity contribution is 9.10. The lowest BCUT2D eigenvalue weighted by molar-refractivity contribution is -0.122. The van der Waals surface area contributed by atoms with E-state index in [-0.39, 0.29) is 18.4 Å². The number of carbonyl (C=O) groups excluding carboxylic acids is 2. The van der Waals surface area contributed by atoms with E-state index in [1.807, 2.05) is 19.9 Å². The molecule has 6 nitrogen and oxygen atoms in total. The van der Waals surface area contributed by atoms with E-state index < -0.39 is 0 Å². The first-order valence-corrected chi connectivity index (χ1v) is 7.11. The Labute approximate surface area is 130 Å². The van der Waals surface area contributed by atoms with Crippen molar-refractivity contribution in [1.29, 1.82) is 0 Å². The van der Waals surface area contributed by atoms with Crippen molar-refractivity contribution in [3.05, 3.63) is 51.8 Å². The molecule has 2 rings (SSSR count). The molecular formula is C14H15BrN4O2. The van der Waals surface area contributed by atoms with Crippen LogP contribution in [0.2, 0.25) is 0 Å². The topological polar surface area (TPSA) is 76.0 Å². The Kier molecular flexibility index (Phi) is 4.74. The number of hydrazine groups is 1. The van der Waals surface area contributed by atoms with Gasteiger partial charge >= 0.3 is 0 Å². The summed E-state index contributed by atoms with van der Waals surface area (Å²) in [7, 11) is 0. The van der Waals surface area contributed by atoms with Crippen LogP contribution in [0.5, 0.6) is 0 Å². The van der Waals surface area contributed by atoms with Crippen LogP contribution in [-0.4, -0.2) is 21.6 Å². The second kappa shape index (κ2) is 6.53. The molecule has 0 spiro atoms. The highest BCUT2D eigenvalue weighted by atomic mass is 79.9. The summed E-state index contributed by atoms with van der Waals surface area (Å²) in [5, 5.41) is 4.18. The van der Waals surface area contributed by atoms with Gasteiger partial charge in [0.2, 0.25) is 0 Å². The number of amides is 2. The number of halogens is 1. The molecule has 0 saturated heterocycles. The zero-order chi connectivity index (χ0) is 15.4. The molecule has 0 bridgehead atoms. The van der Waals surface area contributed by atoms with Gasteiger partial charge in [0.05, 0.1) is 5.69 Å². The molecule has 2 amide bonds. The van der Waals surface area contributed by atoms with Gasteiger partial charge in [-0.3, -0.25) is 25.1 Å². The van der Waals surface area contributed by atoms with Crippen molar-refractivity contribution in [1.82, 2.24) is 20.6 Å². The minimum absolute atomic E-state index is 0.0558. The number of rotatable bonds is 3. The number of nitrogens with zero attached hydrogens (tertiary/aromatic N) is 2. The molecule has 110 valence electrons. The lowest BCUT2D eigenvalue weighted by Gasteiger charge is -2.08. The molecule has 0 aliphatic heterocycles. The van der Waals surface area contributed by atoms with Crippen LogP contribution in [0.15, 0.2) is 34.8 Å². The smallest absolute Gasteiger partial charge is 0.269 e. The molecule has 0 aliphatic carbocycles. The van der Waals surface area contributed by atoms with Gasteiger partial charge in [0, 0.05) is 15.7 Å². The van der Waals surface area contributed by atoms with Crippen molar-refractivity contribution in [2.45, 2.75) is 20.4 Å².